The lowest BCUT2D eigenvalue weighted by molar-refractivity contribution is 0.0263. The van der Waals surface area contributed by atoms with Crippen molar-refractivity contribution in [3.05, 3.63) is 96.1 Å². The van der Waals surface area contributed by atoms with Gasteiger partial charge in [0.2, 0.25) is 0 Å². The van der Waals surface area contributed by atoms with Crippen molar-refractivity contribution in [3.8, 4) is 46.0 Å². The molecule has 396 valence electrons. The van der Waals surface area contributed by atoms with Gasteiger partial charge in [0.25, 0.3) is 0 Å². The Labute approximate surface area is 420 Å². The summed E-state index contributed by atoms with van der Waals surface area (Å²) in [4.78, 5) is 24.6. The van der Waals surface area contributed by atoms with Crippen LogP contribution in [0.25, 0.3) is 0 Å². The Balaban J connectivity index is 1.01. The van der Waals surface area contributed by atoms with Crippen LogP contribution in [0.5, 0.6) is 46.0 Å². The molecule has 20 nitrogen and oxygen atoms in total. The fraction of sp³-hybridized carbons (Fsp3) is 0.500. The molecule has 8 rings (SSSR count). The lowest BCUT2D eigenvalue weighted by atomic mass is 10.2. The third-order valence-corrected chi connectivity index (χ3v) is 9.71. The molecule has 0 saturated carbocycles. The van der Waals surface area contributed by atoms with Crippen molar-refractivity contribution >= 4 is 11.9 Å². The Kier molecular flexibility index (Phi) is 28.3. The van der Waals surface area contributed by atoms with E-state index in [1.54, 1.807) is 36.4 Å². The first-order chi connectivity index (χ1) is 35.5. The average molecular weight is 1010 g/mol. The van der Waals surface area contributed by atoms with Crippen LogP contribution in [-0.4, -0.2) is 185 Å². The lowest BCUT2D eigenvalue weighted by Crippen LogP contribution is -2.14. The molecular weight excluding hydrogens is 945 g/mol. The highest BCUT2D eigenvalue weighted by molar-refractivity contribution is 5.90. The standard InChI is InChI=1S/C52H68O20/c1-55-51(53)41-35-47-39-48(36-41)70-32-24-62-16-12-58-20-28-66-44-5-9-46(10-6-44)68-30-22-60-14-18-64-26-34-72-50-38-42(52(54)56-2)37-49(40-50)71-33-25-63-17-13-59-21-29-67-45-7-3-43(4-8-45)65-27-19-57-11-15-61-23-31-69-47/h3-10,35-40H,11-34H2,1-2H3. The normalized spacial score (nSPS) is 17.4. The molecule has 0 amide bonds. The highest BCUT2D eigenvalue weighted by Gasteiger charge is 2.13. The first kappa shape index (κ1) is 56.8. The van der Waals surface area contributed by atoms with Gasteiger partial charge < -0.3 is 85.3 Å². The number of hydrogen-bond acceptors (Lipinski definition) is 20. The molecule has 0 radical (unpaired) electrons. The monoisotopic (exact) mass is 1010 g/mol. The summed E-state index contributed by atoms with van der Waals surface area (Å²) >= 11 is 0. The molecule has 0 atom stereocenters. The fourth-order valence-electron chi connectivity index (χ4n) is 6.25. The number of carbonyl (C=O) groups is 2. The summed E-state index contributed by atoms with van der Waals surface area (Å²) < 4.78 is 101. The highest BCUT2D eigenvalue weighted by Crippen LogP contribution is 2.25. The minimum absolute atomic E-state index is 0.241. The van der Waals surface area contributed by atoms with E-state index in [0.29, 0.717) is 189 Å². The summed E-state index contributed by atoms with van der Waals surface area (Å²) in [5.74, 6) is 3.44. The van der Waals surface area contributed by atoms with E-state index in [-0.39, 0.29) is 26.4 Å². The van der Waals surface area contributed by atoms with E-state index >= 15 is 0 Å². The average Bonchev–Trinajstić information content (AvgIpc) is 3.40. The van der Waals surface area contributed by atoms with Crippen LogP contribution in [0, 0.1) is 0 Å². The highest BCUT2D eigenvalue weighted by atomic mass is 16.6. The van der Waals surface area contributed by atoms with Gasteiger partial charge >= 0.3 is 11.9 Å². The van der Waals surface area contributed by atoms with Crippen LogP contribution < -0.4 is 37.9 Å². The van der Waals surface area contributed by atoms with Crippen LogP contribution in [0.2, 0.25) is 0 Å². The maximum Gasteiger partial charge on any atom is 0.338 e. The molecule has 4 aliphatic rings. The molecule has 0 aliphatic carbocycles. The number of rotatable bonds is 2. The van der Waals surface area contributed by atoms with Crippen molar-refractivity contribution in [2.45, 2.75) is 0 Å². The first-order valence-electron chi connectivity index (χ1n) is 23.8. The largest absolute Gasteiger partial charge is 0.491 e. The molecule has 0 saturated heterocycles. The number of benzene rings is 4. The van der Waals surface area contributed by atoms with Gasteiger partial charge in [0, 0.05) is 12.1 Å². The predicted molar refractivity (Wildman–Crippen MR) is 259 cm³/mol. The third-order valence-electron chi connectivity index (χ3n) is 9.71. The summed E-state index contributed by atoms with van der Waals surface area (Å²) in [6.45, 7) is 8.12. The van der Waals surface area contributed by atoms with E-state index in [2.05, 4.69) is 0 Å². The topological polar surface area (TPSA) is 200 Å². The van der Waals surface area contributed by atoms with E-state index in [1.807, 2.05) is 48.5 Å². The SMILES string of the molecule is COC(=O)c1cc2cc(c1)OCCOCCOCCOc1ccc(cc1)OCCOCCOCCOc1cc(cc(C(=O)OC)c1)OCCOCCOCCOc1ccc(cc1)OCCOCCOCCO2. The van der Waals surface area contributed by atoms with E-state index in [0.717, 1.165) is 0 Å². The molecule has 0 spiro atoms. The molecule has 4 aromatic carbocycles. The van der Waals surface area contributed by atoms with E-state index in [4.69, 9.17) is 85.3 Å². The number of methoxy groups -OCH3 is 2. The summed E-state index contributed by atoms with van der Waals surface area (Å²) in [5.41, 5.74) is 0.580. The summed E-state index contributed by atoms with van der Waals surface area (Å²) in [7, 11) is 2.62. The Bertz CT molecular complexity index is 1800. The maximum atomic E-state index is 12.3. The van der Waals surface area contributed by atoms with Crippen LogP contribution in [0.1, 0.15) is 20.7 Å². The molecule has 8 bridgehead atoms. The van der Waals surface area contributed by atoms with Gasteiger partial charge in [-0.3, -0.25) is 0 Å². The smallest absolute Gasteiger partial charge is 0.338 e. The van der Waals surface area contributed by atoms with E-state index < -0.39 is 11.9 Å². The second-order valence-corrected chi connectivity index (χ2v) is 15.0. The Morgan fingerprint density at radius 1 is 0.264 bits per heavy atom. The number of hydrogen-bond donors (Lipinski definition) is 0. The molecule has 4 aromatic rings. The molecule has 20 heteroatoms. The zero-order chi connectivity index (χ0) is 50.5. The first-order valence-corrected chi connectivity index (χ1v) is 23.8. The summed E-state index contributed by atoms with van der Waals surface area (Å²) in [6, 6.07) is 24.3. The molecule has 4 aliphatic heterocycles. The van der Waals surface area contributed by atoms with Crippen molar-refractivity contribution in [1.29, 1.82) is 0 Å². The number of ether oxygens (including phenoxy) is 18. The quantitative estimate of drug-likeness (QED) is 0.227. The molecule has 0 unspecified atom stereocenters. The van der Waals surface area contributed by atoms with Crippen molar-refractivity contribution in [2.24, 2.45) is 0 Å². The van der Waals surface area contributed by atoms with Crippen molar-refractivity contribution < 1.29 is 94.9 Å². The van der Waals surface area contributed by atoms with Crippen molar-refractivity contribution in [1.82, 2.24) is 0 Å². The van der Waals surface area contributed by atoms with Crippen molar-refractivity contribution in [2.75, 3.05) is 173 Å². The third kappa shape index (κ3) is 24.3. The van der Waals surface area contributed by atoms with Gasteiger partial charge in [0.05, 0.1) is 131 Å². The second kappa shape index (κ2) is 35.9. The van der Waals surface area contributed by atoms with Gasteiger partial charge in [-0.1, -0.05) is 0 Å². The molecule has 0 fully saturated rings. The van der Waals surface area contributed by atoms with E-state index in [9.17, 15) is 9.59 Å². The van der Waals surface area contributed by atoms with Crippen LogP contribution >= 0.6 is 0 Å². The van der Waals surface area contributed by atoms with Gasteiger partial charge in [0.15, 0.2) is 0 Å². The summed E-state index contributed by atoms with van der Waals surface area (Å²) in [5, 5.41) is 0. The molecule has 72 heavy (non-hydrogen) atoms. The minimum atomic E-state index is -0.517. The number of carbonyl (C=O) groups excluding carboxylic acids is 2. The van der Waals surface area contributed by atoms with Gasteiger partial charge in [-0.15, -0.1) is 0 Å². The Morgan fingerprint density at radius 3 is 0.611 bits per heavy atom. The summed E-state index contributed by atoms with van der Waals surface area (Å²) in [6.07, 6.45) is 0. The van der Waals surface area contributed by atoms with Crippen LogP contribution in [0.3, 0.4) is 0 Å². The Morgan fingerprint density at radius 2 is 0.431 bits per heavy atom. The Hall–Kier alpha value is -6.10. The van der Waals surface area contributed by atoms with Crippen LogP contribution in [0.4, 0.5) is 0 Å². The molecule has 0 aromatic heterocycles. The lowest BCUT2D eigenvalue weighted by Gasteiger charge is -2.13. The van der Waals surface area contributed by atoms with Gasteiger partial charge in [-0.05, 0) is 72.8 Å². The van der Waals surface area contributed by atoms with Gasteiger partial charge in [-0.25, -0.2) is 9.59 Å². The van der Waals surface area contributed by atoms with Gasteiger partial charge in [0.1, 0.15) is 98.9 Å². The number of esters is 2. The zero-order valence-corrected chi connectivity index (χ0v) is 41.2. The van der Waals surface area contributed by atoms with Crippen LogP contribution in [-0.2, 0) is 47.4 Å². The maximum absolute atomic E-state index is 12.3. The van der Waals surface area contributed by atoms with Crippen LogP contribution in [0.15, 0.2) is 84.9 Å². The molecule has 4 heterocycles. The fourth-order valence-corrected chi connectivity index (χ4v) is 6.25. The van der Waals surface area contributed by atoms with Crippen molar-refractivity contribution in [3.63, 3.8) is 0 Å². The molecule has 0 N–H and O–H groups in total. The van der Waals surface area contributed by atoms with Gasteiger partial charge in [-0.2, -0.15) is 0 Å². The minimum Gasteiger partial charge on any atom is -0.491 e. The van der Waals surface area contributed by atoms with E-state index in [1.165, 1.54) is 14.2 Å². The second-order valence-electron chi connectivity index (χ2n) is 15.0. The predicted octanol–water partition coefficient (Wildman–Crippen LogP) is 5.54. The zero-order valence-electron chi connectivity index (χ0n) is 41.2. The molecular formula is C52H68O20.